The van der Waals surface area contributed by atoms with Crippen LogP contribution in [0, 0.1) is 5.92 Å². The molecule has 5 rings (SSSR count). The number of hydrogen-bond donors (Lipinski definition) is 1. The molecule has 3 fully saturated rings. The molecular formula is C21H25N5O2. The maximum absolute atomic E-state index is 12.4. The van der Waals surface area contributed by atoms with Crippen molar-refractivity contribution in [3.8, 4) is 0 Å². The van der Waals surface area contributed by atoms with Gasteiger partial charge in [0.2, 0.25) is 5.91 Å². The summed E-state index contributed by atoms with van der Waals surface area (Å²) in [7, 11) is 0. The summed E-state index contributed by atoms with van der Waals surface area (Å²) in [6.07, 6.45) is 7.21. The number of piperazine rings is 1. The van der Waals surface area contributed by atoms with E-state index in [0.717, 1.165) is 68.7 Å². The average molecular weight is 379 g/mol. The minimum Gasteiger partial charge on any atom is -0.352 e. The van der Waals surface area contributed by atoms with Crippen LogP contribution in [0.15, 0.2) is 24.4 Å². The number of amides is 2. The Morgan fingerprint density at radius 2 is 1.79 bits per heavy atom. The maximum atomic E-state index is 12.4. The Morgan fingerprint density at radius 1 is 1.00 bits per heavy atom. The van der Waals surface area contributed by atoms with Gasteiger partial charge in [-0.2, -0.15) is 0 Å². The van der Waals surface area contributed by atoms with Crippen LogP contribution >= 0.6 is 0 Å². The monoisotopic (exact) mass is 379 g/mol. The molecule has 146 valence electrons. The molecule has 1 aliphatic heterocycles. The topological polar surface area (TPSA) is 78.4 Å². The van der Waals surface area contributed by atoms with E-state index >= 15 is 0 Å². The van der Waals surface area contributed by atoms with Gasteiger partial charge in [0.15, 0.2) is 0 Å². The van der Waals surface area contributed by atoms with Crippen LogP contribution in [0.4, 0.5) is 5.82 Å². The van der Waals surface area contributed by atoms with Crippen molar-refractivity contribution < 1.29 is 9.59 Å². The fourth-order valence-electron chi connectivity index (χ4n) is 3.86. The van der Waals surface area contributed by atoms with Gasteiger partial charge in [0, 0.05) is 43.7 Å². The molecule has 1 aromatic carbocycles. The molecule has 0 spiro atoms. The number of carbonyl (C=O) groups excluding carboxylic acids is 2. The molecule has 0 atom stereocenters. The Labute approximate surface area is 164 Å². The number of benzene rings is 1. The van der Waals surface area contributed by atoms with Gasteiger partial charge < -0.3 is 15.1 Å². The minimum atomic E-state index is -0.0361. The van der Waals surface area contributed by atoms with Crippen molar-refractivity contribution in [1.29, 1.82) is 0 Å². The first-order valence-electron chi connectivity index (χ1n) is 10.3. The van der Waals surface area contributed by atoms with Crippen molar-refractivity contribution in [2.24, 2.45) is 5.92 Å². The van der Waals surface area contributed by atoms with Crippen molar-refractivity contribution in [2.45, 2.75) is 38.1 Å². The minimum absolute atomic E-state index is 0.0361. The van der Waals surface area contributed by atoms with E-state index in [1.807, 2.05) is 23.1 Å². The van der Waals surface area contributed by atoms with Gasteiger partial charge >= 0.3 is 0 Å². The third kappa shape index (κ3) is 3.41. The van der Waals surface area contributed by atoms with Crippen molar-refractivity contribution in [3.63, 3.8) is 0 Å². The zero-order valence-corrected chi connectivity index (χ0v) is 15.9. The SMILES string of the molecule is O=C(NC1CCC1)c1ccc2ncc(N3CCN(C(=O)C4CC4)CC3)nc2c1. The molecule has 1 aromatic heterocycles. The lowest BCUT2D eigenvalue weighted by molar-refractivity contribution is -0.132. The number of fused-ring (bicyclic) bond motifs is 1. The van der Waals surface area contributed by atoms with Gasteiger partial charge in [-0.25, -0.2) is 4.98 Å². The van der Waals surface area contributed by atoms with Crippen LogP contribution in [0.2, 0.25) is 0 Å². The Kier molecular flexibility index (Phi) is 4.37. The van der Waals surface area contributed by atoms with E-state index in [4.69, 9.17) is 4.98 Å². The number of aromatic nitrogens is 2. The standard InChI is InChI=1S/C21H25N5O2/c27-20(23-16-2-1-3-16)15-6-7-17-18(12-15)24-19(13-22-17)25-8-10-26(11-9-25)21(28)14-4-5-14/h6-7,12-14,16H,1-5,8-11H2,(H,23,27). The predicted octanol–water partition coefficient (Wildman–Crippen LogP) is 1.97. The number of anilines is 1. The van der Waals surface area contributed by atoms with Gasteiger partial charge in [-0.05, 0) is 50.3 Å². The van der Waals surface area contributed by atoms with Crippen molar-refractivity contribution in [1.82, 2.24) is 20.2 Å². The summed E-state index contributed by atoms with van der Waals surface area (Å²) in [6, 6.07) is 5.81. The second-order valence-electron chi connectivity index (χ2n) is 8.12. The molecule has 0 unspecified atom stereocenters. The predicted molar refractivity (Wildman–Crippen MR) is 106 cm³/mol. The largest absolute Gasteiger partial charge is 0.352 e. The van der Waals surface area contributed by atoms with E-state index in [-0.39, 0.29) is 11.8 Å². The van der Waals surface area contributed by atoms with Gasteiger partial charge in [0.25, 0.3) is 5.91 Å². The molecule has 1 N–H and O–H groups in total. The molecule has 2 saturated carbocycles. The number of carbonyl (C=O) groups is 2. The molecule has 7 nitrogen and oxygen atoms in total. The van der Waals surface area contributed by atoms with Crippen LogP contribution < -0.4 is 10.2 Å². The molecule has 2 aromatic rings. The molecule has 0 bridgehead atoms. The molecule has 28 heavy (non-hydrogen) atoms. The van der Waals surface area contributed by atoms with E-state index in [1.165, 1.54) is 6.42 Å². The third-order valence-electron chi connectivity index (χ3n) is 6.07. The van der Waals surface area contributed by atoms with E-state index in [2.05, 4.69) is 15.2 Å². The summed E-state index contributed by atoms with van der Waals surface area (Å²) in [5, 5.41) is 3.07. The van der Waals surface area contributed by atoms with Gasteiger partial charge in [0.05, 0.1) is 17.2 Å². The average Bonchev–Trinajstić information content (AvgIpc) is 3.54. The van der Waals surface area contributed by atoms with Crippen molar-refractivity contribution >= 4 is 28.7 Å². The Bertz CT molecular complexity index is 914. The lowest BCUT2D eigenvalue weighted by atomic mass is 9.93. The summed E-state index contributed by atoms with van der Waals surface area (Å²) in [6.45, 7) is 3.00. The summed E-state index contributed by atoms with van der Waals surface area (Å²) >= 11 is 0. The number of hydrogen-bond acceptors (Lipinski definition) is 5. The van der Waals surface area contributed by atoms with Gasteiger partial charge in [-0.1, -0.05) is 0 Å². The van der Waals surface area contributed by atoms with Crippen LogP contribution in [0.25, 0.3) is 11.0 Å². The van der Waals surface area contributed by atoms with E-state index in [1.54, 1.807) is 6.20 Å². The van der Waals surface area contributed by atoms with Crippen LogP contribution in [0.1, 0.15) is 42.5 Å². The van der Waals surface area contributed by atoms with Crippen molar-refractivity contribution in [2.75, 3.05) is 31.1 Å². The van der Waals surface area contributed by atoms with Gasteiger partial charge in [-0.3, -0.25) is 14.6 Å². The Morgan fingerprint density at radius 3 is 2.46 bits per heavy atom. The fraction of sp³-hybridized carbons (Fsp3) is 0.524. The van der Waals surface area contributed by atoms with Crippen LogP contribution in [-0.4, -0.2) is 58.9 Å². The molecular weight excluding hydrogens is 354 g/mol. The zero-order valence-electron chi connectivity index (χ0n) is 15.9. The second-order valence-corrected chi connectivity index (χ2v) is 8.12. The van der Waals surface area contributed by atoms with Crippen LogP contribution in [0.5, 0.6) is 0 Å². The number of nitrogens with zero attached hydrogens (tertiary/aromatic N) is 4. The summed E-state index contributed by atoms with van der Waals surface area (Å²) < 4.78 is 0. The summed E-state index contributed by atoms with van der Waals surface area (Å²) in [5.41, 5.74) is 2.15. The molecule has 2 aliphatic carbocycles. The highest BCUT2D eigenvalue weighted by atomic mass is 16.2. The van der Waals surface area contributed by atoms with E-state index < -0.39 is 0 Å². The summed E-state index contributed by atoms with van der Waals surface area (Å²) in [5.74, 6) is 1.36. The lowest BCUT2D eigenvalue weighted by Gasteiger charge is -2.35. The first-order valence-corrected chi connectivity index (χ1v) is 10.3. The summed E-state index contributed by atoms with van der Waals surface area (Å²) in [4.78, 5) is 38.1. The molecule has 7 heteroatoms. The molecule has 2 heterocycles. The molecule has 1 saturated heterocycles. The third-order valence-corrected chi connectivity index (χ3v) is 6.07. The fourth-order valence-corrected chi connectivity index (χ4v) is 3.86. The number of rotatable bonds is 4. The van der Waals surface area contributed by atoms with Gasteiger partial charge in [0.1, 0.15) is 5.82 Å². The van der Waals surface area contributed by atoms with Crippen LogP contribution in [-0.2, 0) is 4.79 Å². The van der Waals surface area contributed by atoms with Crippen molar-refractivity contribution in [3.05, 3.63) is 30.0 Å². The molecule has 0 radical (unpaired) electrons. The highest BCUT2D eigenvalue weighted by Gasteiger charge is 2.34. The van der Waals surface area contributed by atoms with Crippen LogP contribution in [0.3, 0.4) is 0 Å². The smallest absolute Gasteiger partial charge is 0.251 e. The maximum Gasteiger partial charge on any atom is 0.251 e. The Hall–Kier alpha value is -2.70. The molecule has 2 amide bonds. The Balaban J connectivity index is 1.29. The lowest BCUT2D eigenvalue weighted by Crippen LogP contribution is -2.49. The first kappa shape index (κ1) is 17.4. The first-order chi connectivity index (χ1) is 13.7. The highest BCUT2D eigenvalue weighted by Crippen LogP contribution is 2.31. The molecule has 3 aliphatic rings. The highest BCUT2D eigenvalue weighted by molar-refractivity contribution is 5.97. The quantitative estimate of drug-likeness (QED) is 0.879. The second kappa shape index (κ2) is 7.04. The van der Waals surface area contributed by atoms with E-state index in [0.29, 0.717) is 17.5 Å². The zero-order chi connectivity index (χ0) is 19.1. The van der Waals surface area contributed by atoms with E-state index in [9.17, 15) is 9.59 Å². The van der Waals surface area contributed by atoms with Gasteiger partial charge in [-0.15, -0.1) is 0 Å². The normalized spacial score (nSPS) is 20.1. The number of nitrogens with one attached hydrogen (secondary N) is 1.